The number of amides is 1. The molecule has 0 radical (unpaired) electrons. The second-order valence-electron chi connectivity index (χ2n) is 3.57. The molecule has 0 fully saturated rings. The summed E-state index contributed by atoms with van der Waals surface area (Å²) in [6.45, 7) is 1.48. The summed E-state index contributed by atoms with van der Waals surface area (Å²) < 4.78 is 13.2. The fourth-order valence-electron chi connectivity index (χ4n) is 1.21. The molecule has 0 spiro atoms. The van der Waals surface area contributed by atoms with E-state index in [4.69, 9.17) is 5.73 Å². The quantitative estimate of drug-likeness (QED) is 0.692. The van der Waals surface area contributed by atoms with Crippen LogP contribution in [-0.2, 0) is 4.79 Å². The van der Waals surface area contributed by atoms with Gasteiger partial charge in [-0.05, 0) is 13.0 Å². The largest absolute Gasteiger partial charge is 0.386 e. The maximum absolute atomic E-state index is 13.2. The number of benzene rings is 1. The first-order valence-electron chi connectivity index (χ1n) is 4.98. The van der Waals surface area contributed by atoms with Crippen molar-refractivity contribution in [2.45, 2.75) is 19.1 Å². The summed E-state index contributed by atoms with van der Waals surface area (Å²) in [6.07, 6.45) is -1.07. The molecule has 0 aromatic heterocycles. The highest BCUT2D eigenvalue weighted by Crippen LogP contribution is 2.15. The number of halogens is 1. The Labute approximate surface area is 93.3 Å². The van der Waals surface area contributed by atoms with Gasteiger partial charge in [0.05, 0.1) is 12.1 Å². The van der Waals surface area contributed by atoms with Crippen LogP contribution in [0.3, 0.4) is 0 Å². The third-order valence-corrected chi connectivity index (χ3v) is 2.15. The first-order valence-corrected chi connectivity index (χ1v) is 4.98. The summed E-state index contributed by atoms with van der Waals surface area (Å²) in [5.74, 6) is -0.875. The van der Waals surface area contributed by atoms with Crippen molar-refractivity contribution in [1.29, 1.82) is 0 Å². The monoisotopic (exact) mass is 226 g/mol. The van der Waals surface area contributed by atoms with E-state index in [9.17, 15) is 14.3 Å². The van der Waals surface area contributed by atoms with Crippen molar-refractivity contribution in [3.05, 3.63) is 35.6 Å². The minimum atomic E-state index is -1.07. The van der Waals surface area contributed by atoms with Crippen LogP contribution < -0.4 is 11.1 Å². The third kappa shape index (κ3) is 3.29. The van der Waals surface area contributed by atoms with Crippen LogP contribution in [0.4, 0.5) is 4.39 Å². The molecule has 2 atom stereocenters. The topological polar surface area (TPSA) is 75.4 Å². The van der Waals surface area contributed by atoms with Crippen molar-refractivity contribution in [3.8, 4) is 0 Å². The van der Waals surface area contributed by atoms with Gasteiger partial charge in [-0.3, -0.25) is 4.79 Å². The number of aliphatic hydroxyl groups is 1. The van der Waals surface area contributed by atoms with E-state index in [1.807, 2.05) is 0 Å². The van der Waals surface area contributed by atoms with Crippen molar-refractivity contribution >= 4 is 5.91 Å². The first kappa shape index (κ1) is 12.6. The van der Waals surface area contributed by atoms with Gasteiger partial charge in [-0.25, -0.2) is 4.39 Å². The van der Waals surface area contributed by atoms with Crippen molar-refractivity contribution in [1.82, 2.24) is 5.32 Å². The molecule has 0 aliphatic heterocycles. The van der Waals surface area contributed by atoms with Gasteiger partial charge in [0, 0.05) is 12.1 Å². The molecule has 4 nitrogen and oxygen atoms in total. The zero-order valence-electron chi connectivity index (χ0n) is 8.98. The normalized spacial score (nSPS) is 14.2. The van der Waals surface area contributed by atoms with Crippen LogP contribution in [0.25, 0.3) is 0 Å². The van der Waals surface area contributed by atoms with Crippen molar-refractivity contribution in [2.24, 2.45) is 5.73 Å². The Morgan fingerprint density at radius 3 is 2.75 bits per heavy atom. The Morgan fingerprint density at radius 1 is 1.56 bits per heavy atom. The molecular formula is C11H15FN2O2. The number of carbonyl (C=O) groups is 1. The summed E-state index contributed by atoms with van der Waals surface area (Å²) in [7, 11) is 0. The fraction of sp³-hybridized carbons (Fsp3) is 0.364. The zero-order chi connectivity index (χ0) is 12.1. The van der Waals surface area contributed by atoms with Crippen molar-refractivity contribution in [3.63, 3.8) is 0 Å². The van der Waals surface area contributed by atoms with Gasteiger partial charge in [0.25, 0.3) is 0 Å². The van der Waals surface area contributed by atoms with Crippen molar-refractivity contribution in [2.75, 3.05) is 6.54 Å². The SMILES string of the molecule is C[C@H](N)C(=O)NCC(O)c1ccccc1F. The van der Waals surface area contributed by atoms with Gasteiger partial charge < -0.3 is 16.2 Å². The number of nitrogens with one attached hydrogen (secondary N) is 1. The van der Waals surface area contributed by atoms with E-state index in [1.165, 1.54) is 25.1 Å². The highest BCUT2D eigenvalue weighted by atomic mass is 19.1. The number of carbonyl (C=O) groups excluding carboxylic acids is 1. The Bertz CT molecular complexity index is 369. The number of aliphatic hydroxyl groups excluding tert-OH is 1. The van der Waals surface area contributed by atoms with E-state index in [-0.39, 0.29) is 18.0 Å². The first-order chi connectivity index (χ1) is 7.52. The van der Waals surface area contributed by atoms with Crippen LogP contribution >= 0.6 is 0 Å². The lowest BCUT2D eigenvalue weighted by atomic mass is 10.1. The second kappa shape index (κ2) is 5.58. The Balaban J connectivity index is 2.56. The molecular weight excluding hydrogens is 211 g/mol. The summed E-state index contributed by atoms with van der Waals surface area (Å²) in [4.78, 5) is 11.1. The molecule has 1 rings (SSSR count). The van der Waals surface area contributed by atoms with E-state index < -0.39 is 18.0 Å². The third-order valence-electron chi connectivity index (χ3n) is 2.15. The van der Waals surface area contributed by atoms with Gasteiger partial charge in [0.1, 0.15) is 5.82 Å². The second-order valence-corrected chi connectivity index (χ2v) is 3.57. The number of rotatable bonds is 4. The minimum Gasteiger partial charge on any atom is -0.386 e. The average molecular weight is 226 g/mol. The Hall–Kier alpha value is -1.46. The van der Waals surface area contributed by atoms with Gasteiger partial charge in [-0.1, -0.05) is 18.2 Å². The summed E-state index contributed by atoms with van der Waals surface area (Å²) in [5, 5.41) is 12.1. The molecule has 1 unspecified atom stereocenters. The predicted molar refractivity (Wildman–Crippen MR) is 58.0 cm³/mol. The van der Waals surface area contributed by atoms with Gasteiger partial charge >= 0.3 is 0 Å². The molecule has 1 aromatic carbocycles. The lowest BCUT2D eigenvalue weighted by Crippen LogP contribution is -2.40. The Kier molecular flexibility index (Phi) is 4.39. The number of hydrogen-bond acceptors (Lipinski definition) is 3. The van der Waals surface area contributed by atoms with Crippen LogP contribution in [0.1, 0.15) is 18.6 Å². The molecule has 0 bridgehead atoms. The number of hydrogen-bond donors (Lipinski definition) is 3. The molecule has 0 heterocycles. The standard InChI is InChI=1S/C11H15FN2O2/c1-7(13)11(16)14-6-10(15)8-4-2-3-5-9(8)12/h2-5,7,10,15H,6,13H2,1H3,(H,14,16)/t7-,10?/m0/s1. The van der Waals surface area contributed by atoms with E-state index in [2.05, 4.69) is 5.32 Å². The lowest BCUT2D eigenvalue weighted by molar-refractivity contribution is -0.122. The molecule has 0 aliphatic carbocycles. The summed E-state index contributed by atoms with van der Waals surface area (Å²) in [5.41, 5.74) is 5.48. The predicted octanol–water partition coefficient (Wildman–Crippen LogP) is 0.323. The molecule has 5 heteroatoms. The zero-order valence-corrected chi connectivity index (χ0v) is 8.98. The lowest BCUT2D eigenvalue weighted by Gasteiger charge is -2.14. The fourth-order valence-corrected chi connectivity index (χ4v) is 1.21. The summed E-state index contributed by atoms with van der Waals surface area (Å²) >= 11 is 0. The van der Waals surface area contributed by atoms with Gasteiger partial charge in [0.15, 0.2) is 0 Å². The van der Waals surface area contributed by atoms with Crippen LogP contribution in [0, 0.1) is 5.82 Å². The molecule has 1 amide bonds. The maximum atomic E-state index is 13.2. The summed E-state index contributed by atoms with van der Waals surface area (Å²) in [6, 6.07) is 5.23. The van der Waals surface area contributed by atoms with E-state index in [1.54, 1.807) is 6.07 Å². The van der Waals surface area contributed by atoms with Crippen LogP contribution in [-0.4, -0.2) is 23.6 Å². The van der Waals surface area contributed by atoms with E-state index in [0.29, 0.717) is 0 Å². The highest BCUT2D eigenvalue weighted by molar-refractivity contribution is 5.80. The molecule has 0 aliphatic rings. The highest BCUT2D eigenvalue weighted by Gasteiger charge is 2.14. The molecule has 4 N–H and O–H groups in total. The van der Waals surface area contributed by atoms with Crippen molar-refractivity contribution < 1.29 is 14.3 Å². The molecule has 1 aromatic rings. The van der Waals surface area contributed by atoms with Crippen LogP contribution in [0.5, 0.6) is 0 Å². The molecule has 0 saturated heterocycles. The average Bonchev–Trinajstić information content (AvgIpc) is 2.25. The molecule has 16 heavy (non-hydrogen) atoms. The van der Waals surface area contributed by atoms with E-state index >= 15 is 0 Å². The molecule has 88 valence electrons. The van der Waals surface area contributed by atoms with Crippen LogP contribution in [0.2, 0.25) is 0 Å². The van der Waals surface area contributed by atoms with Gasteiger partial charge in [-0.2, -0.15) is 0 Å². The maximum Gasteiger partial charge on any atom is 0.236 e. The van der Waals surface area contributed by atoms with E-state index in [0.717, 1.165) is 0 Å². The number of nitrogens with two attached hydrogens (primary N) is 1. The smallest absolute Gasteiger partial charge is 0.236 e. The van der Waals surface area contributed by atoms with Gasteiger partial charge in [-0.15, -0.1) is 0 Å². The molecule has 0 saturated carbocycles. The minimum absolute atomic E-state index is 0.0543. The van der Waals surface area contributed by atoms with Crippen LogP contribution in [0.15, 0.2) is 24.3 Å². The Morgan fingerprint density at radius 2 is 2.19 bits per heavy atom. The van der Waals surface area contributed by atoms with Gasteiger partial charge in [0.2, 0.25) is 5.91 Å².